The standard InChI is InChI=1S/C29H35N5O2S/c1-29(2,3)27(35)31-22-13-12-21(17-24(22)36-4)34-26(19-14-16-33(18-19)20-9-5-6-10-20)25(32-28(34)37)23-11-7-8-15-30-23/h7-8,11-18,20,25-26H,5-6,9-10H2,1-4H3,(H,31,35)(H,32,37). The van der Waals surface area contributed by atoms with Crippen LogP contribution < -0.4 is 20.3 Å². The van der Waals surface area contributed by atoms with Crippen molar-refractivity contribution in [1.82, 2.24) is 14.9 Å². The first-order valence-corrected chi connectivity index (χ1v) is 13.3. The molecule has 1 aromatic carbocycles. The first-order chi connectivity index (χ1) is 17.8. The molecule has 2 fully saturated rings. The number of rotatable bonds is 6. The van der Waals surface area contributed by atoms with Crippen molar-refractivity contribution in [2.24, 2.45) is 5.41 Å². The van der Waals surface area contributed by atoms with Gasteiger partial charge in [-0.15, -0.1) is 0 Å². The zero-order valence-electron chi connectivity index (χ0n) is 21.9. The first-order valence-electron chi connectivity index (χ1n) is 12.9. The number of benzene rings is 1. The SMILES string of the molecule is COc1cc(N2C(=S)NC(c3ccccn3)C2c2ccn(C3CCCC3)c2)ccc1NC(=O)C(C)(C)C. The molecule has 1 saturated heterocycles. The number of amides is 1. The molecule has 1 aliphatic carbocycles. The number of thiocarbonyl (C=S) groups is 1. The fourth-order valence-electron chi connectivity index (χ4n) is 5.25. The van der Waals surface area contributed by atoms with Crippen LogP contribution in [0, 0.1) is 5.41 Å². The summed E-state index contributed by atoms with van der Waals surface area (Å²) in [7, 11) is 1.61. The Labute approximate surface area is 224 Å². The molecule has 194 valence electrons. The average molecular weight is 518 g/mol. The van der Waals surface area contributed by atoms with Gasteiger partial charge >= 0.3 is 0 Å². The monoisotopic (exact) mass is 517 g/mol. The molecule has 3 aromatic rings. The van der Waals surface area contributed by atoms with E-state index in [0.717, 1.165) is 11.4 Å². The van der Waals surface area contributed by atoms with Crippen LogP contribution in [0.2, 0.25) is 0 Å². The molecule has 0 radical (unpaired) electrons. The summed E-state index contributed by atoms with van der Waals surface area (Å²) < 4.78 is 8.06. The summed E-state index contributed by atoms with van der Waals surface area (Å²) in [6, 6.07) is 14.3. The van der Waals surface area contributed by atoms with Gasteiger partial charge in [-0.1, -0.05) is 39.7 Å². The van der Waals surface area contributed by atoms with Gasteiger partial charge in [0, 0.05) is 41.8 Å². The second kappa shape index (κ2) is 10.2. The third-order valence-electron chi connectivity index (χ3n) is 7.32. The van der Waals surface area contributed by atoms with Crippen LogP contribution in [0.5, 0.6) is 5.75 Å². The quantitative estimate of drug-likeness (QED) is 0.381. The van der Waals surface area contributed by atoms with Gasteiger partial charge in [0.15, 0.2) is 5.11 Å². The molecular formula is C29H35N5O2S. The second-order valence-electron chi connectivity index (χ2n) is 10.9. The zero-order chi connectivity index (χ0) is 26.2. The number of anilines is 2. The number of carbonyl (C=O) groups is 1. The van der Waals surface area contributed by atoms with Crippen molar-refractivity contribution >= 4 is 34.6 Å². The number of hydrogen-bond acceptors (Lipinski definition) is 4. The van der Waals surface area contributed by atoms with Crippen molar-refractivity contribution in [3.63, 3.8) is 0 Å². The van der Waals surface area contributed by atoms with Crippen molar-refractivity contribution in [2.75, 3.05) is 17.3 Å². The van der Waals surface area contributed by atoms with Crippen LogP contribution in [0.1, 0.15) is 75.8 Å². The minimum atomic E-state index is -0.516. The maximum absolute atomic E-state index is 12.6. The Morgan fingerprint density at radius 1 is 1.16 bits per heavy atom. The van der Waals surface area contributed by atoms with Gasteiger partial charge in [-0.05, 0) is 61.0 Å². The van der Waals surface area contributed by atoms with Gasteiger partial charge in [-0.3, -0.25) is 9.78 Å². The number of ether oxygens (including phenoxy) is 1. The van der Waals surface area contributed by atoms with Crippen LogP contribution in [0.3, 0.4) is 0 Å². The minimum Gasteiger partial charge on any atom is -0.494 e. The van der Waals surface area contributed by atoms with Gasteiger partial charge in [0.25, 0.3) is 0 Å². The van der Waals surface area contributed by atoms with E-state index in [-0.39, 0.29) is 18.0 Å². The van der Waals surface area contributed by atoms with Crippen LogP contribution in [0.25, 0.3) is 0 Å². The lowest BCUT2D eigenvalue weighted by Gasteiger charge is -2.28. The molecule has 1 aliphatic heterocycles. The van der Waals surface area contributed by atoms with E-state index in [9.17, 15) is 4.79 Å². The van der Waals surface area contributed by atoms with Gasteiger partial charge in [0.1, 0.15) is 5.75 Å². The Kier molecular flexibility index (Phi) is 6.94. The van der Waals surface area contributed by atoms with E-state index in [0.29, 0.717) is 22.6 Å². The van der Waals surface area contributed by atoms with E-state index in [2.05, 4.69) is 43.5 Å². The van der Waals surface area contributed by atoms with E-state index in [4.69, 9.17) is 17.0 Å². The minimum absolute atomic E-state index is 0.0711. The molecule has 2 N–H and O–H groups in total. The lowest BCUT2D eigenvalue weighted by atomic mass is 9.95. The Morgan fingerprint density at radius 3 is 2.62 bits per heavy atom. The van der Waals surface area contributed by atoms with Crippen LogP contribution in [-0.4, -0.2) is 27.7 Å². The number of hydrogen-bond donors (Lipinski definition) is 2. The third-order valence-corrected chi connectivity index (χ3v) is 7.63. The molecule has 0 spiro atoms. The van der Waals surface area contributed by atoms with Crippen molar-refractivity contribution in [1.29, 1.82) is 0 Å². The molecule has 37 heavy (non-hydrogen) atoms. The van der Waals surface area contributed by atoms with Gasteiger partial charge in [0.2, 0.25) is 5.91 Å². The van der Waals surface area contributed by atoms with E-state index in [1.165, 1.54) is 31.2 Å². The highest BCUT2D eigenvalue weighted by molar-refractivity contribution is 7.80. The summed E-state index contributed by atoms with van der Waals surface area (Å²) in [5.74, 6) is 0.514. The normalized spacial score (nSPS) is 20.2. The molecule has 3 heterocycles. The molecule has 1 amide bonds. The molecule has 1 saturated carbocycles. The molecule has 8 heteroatoms. The van der Waals surface area contributed by atoms with Crippen molar-refractivity contribution in [3.8, 4) is 5.75 Å². The van der Waals surface area contributed by atoms with Crippen LogP contribution in [0.15, 0.2) is 61.1 Å². The lowest BCUT2D eigenvalue weighted by Crippen LogP contribution is -2.30. The Morgan fingerprint density at radius 2 is 1.95 bits per heavy atom. The maximum Gasteiger partial charge on any atom is 0.229 e. The lowest BCUT2D eigenvalue weighted by molar-refractivity contribution is -0.123. The highest BCUT2D eigenvalue weighted by Crippen LogP contribution is 2.44. The summed E-state index contributed by atoms with van der Waals surface area (Å²) >= 11 is 5.89. The fraction of sp³-hybridized carbons (Fsp3) is 0.414. The molecule has 2 aliphatic rings. The highest BCUT2D eigenvalue weighted by atomic mass is 32.1. The fourth-order valence-corrected chi connectivity index (χ4v) is 5.60. The predicted octanol–water partition coefficient (Wildman–Crippen LogP) is 6.17. The molecule has 2 atom stereocenters. The number of pyridine rings is 1. The van der Waals surface area contributed by atoms with Crippen LogP contribution in [0.4, 0.5) is 11.4 Å². The van der Waals surface area contributed by atoms with E-state index in [1.54, 1.807) is 7.11 Å². The zero-order valence-corrected chi connectivity index (χ0v) is 22.7. The Balaban J connectivity index is 1.53. The number of nitrogens with one attached hydrogen (secondary N) is 2. The van der Waals surface area contributed by atoms with Crippen molar-refractivity contribution in [2.45, 2.75) is 64.6 Å². The summed E-state index contributed by atoms with van der Waals surface area (Å²) in [5.41, 5.74) is 3.12. The Hall–Kier alpha value is -3.39. The number of methoxy groups -OCH3 is 1. The number of carbonyl (C=O) groups excluding carboxylic acids is 1. The van der Waals surface area contributed by atoms with Crippen molar-refractivity contribution < 1.29 is 9.53 Å². The second-order valence-corrected chi connectivity index (χ2v) is 11.3. The van der Waals surface area contributed by atoms with Gasteiger partial charge < -0.3 is 24.8 Å². The molecule has 2 aromatic heterocycles. The summed E-state index contributed by atoms with van der Waals surface area (Å²) in [5, 5.41) is 7.15. The van der Waals surface area contributed by atoms with Crippen LogP contribution >= 0.6 is 12.2 Å². The summed E-state index contributed by atoms with van der Waals surface area (Å²) in [6.45, 7) is 5.66. The molecule has 7 nitrogen and oxygen atoms in total. The average Bonchev–Trinajstić information content (AvgIpc) is 3.64. The maximum atomic E-state index is 12.6. The first kappa shape index (κ1) is 25.3. The summed E-state index contributed by atoms with van der Waals surface area (Å²) in [4.78, 5) is 19.4. The largest absolute Gasteiger partial charge is 0.494 e. The number of aromatic nitrogens is 2. The van der Waals surface area contributed by atoms with E-state index < -0.39 is 5.41 Å². The molecule has 0 bridgehead atoms. The van der Waals surface area contributed by atoms with E-state index in [1.807, 2.05) is 63.4 Å². The third kappa shape index (κ3) is 5.07. The summed E-state index contributed by atoms with van der Waals surface area (Å²) in [6.07, 6.45) is 11.3. The van der Waals surface area contributed by atoms with Crippen molar-refractivity contribution in [3.05, 3.63) is 72.3 Å². The molecular weight excluding hydrogens is 482 g/mol. The Bertz CT molecular complexity index is 1280. The highest BCUT2D eigenvalue weighted by Gasteiger charge is 2.41. The smallest absolute Gasteiger partial charge is 0.229 e. The predicted molar refractivity (Wildman–Crippen MR) is 151 cm³/mol. The van der Waals surface area contributed by atoms with Gasteiger partial charge in [0.05, 0.1) is 30.6 Å². The van der Waals surface area contributed by atoms with Gasteiger partial charge in [-0.2, -0.15) is 0 Å². The van der Waals surface area contributed by atoms with Gasteiger partial charge in [-0.25, -0.2) is 0 Å². The molecule has 5 rings (SSSR count). The van der Waals surface area contributed by atoms with E-state index >= 15 is 0 Å². The topological polar surface area (TPSA) is 71.4 Å². The number of nitrogens with zero attached hydrogens (tertiary/aromatic N) is 3. The molecule has 2 unspecified atom stereocenters. The van der Waals surface area contributed by atoms with Crippen LogP contribution in [-0.2, 0) is 4.79 Å².